The molecule has 0 aliphatic heterocycles. The zero-order valence-electron chi connectivity index (χ0n) is 12.4. The smallest absolute Gasteiger partial charge is 0.159 e. The number of rotatable bonds is 3. The standard InChI is InChI=1S/C18H22N2/c1-3-13-5-8-15(9-6-13)18-19-12-16-11-14(4-2)7-10-17(16)20-18/h5-6,8-9,12,14H,3-4,7,10-11H2,1-2H3. The van der Waals surface area contributed by atoms with E-state index in [2.05, 4.69) is 43.1 Å². The van der Waals surface area contributed by atoms with Gasteiger partial charge in [-0.15, -0.1) is 0 Å². The molecule has 2 heteroatoms. The molecule has 0 saturated heterocycles. The summed E-state index contributed by atoms with van der Waals surface area (Å²) in [7, 11) is 0. The topological polar surface area (TPSA) is 25.8 Å². The Hall–Kier alpha value is -1.70. The summed E-state index contributed by atoms with van der Waals surface area (Å²) in [6, 6.07) is 8.62. The van der Waals surface area contributed by atoms with E-state index in [4.69, 9.17) is 4.98 Å². The fraction of sp³-hybridized carbons (Fsp3) is 0.444. The second-order valence-electron chi connectivity index (χ2n) is 5.73. The van der Waals surface area contributed by atoms with Gasteiger partial charge in [-0.2, -0.15) is 0 Å². The average Bonchev–Trinajstić information content (AvgIpc) is 2.54. The first kappa shape index (κ1) is 13.3. The maximum Gasteiger partial charge on any atom is 0.159 e. The van der Waals surface area contributed by atoms with Gasteiger partial charge in [-0.05, 0) is 42.7 Å². The third-order valence-electron chi connectivity index (χ3n) is 4.45. The zero-order valence-corrected chi connectivity index (χ0v) is 12.4. The maximum absolute atomic E-state index is 4.80. The molecule has 1 aromatic carbocycles. The summed E-state index contributed by atoms with van der Waals surface area (Å²) in [5.41, 5.74) is 5.11. The molecule has 2 nitrogen and oxygen atoms in total. The van der Waals surface area contributed by atoms with Gasteiger partial charge in [0.05, 0.1) is 0 Å². The van der Waals surface area contributed by atoms with Gasteiger partial charge < -0.3 is 0 Å². The van der Waals surface area contributed by atoms with Gasteiger partial charge in [0.2, 0.25) is 0 Å². The van der Waals surface area contributed by atoms with E-state index in [-0.39, 0.29) is 0 Å². The average molecular weight is 266 g/mol. The van der Waals surface area contributed by atoms with Crippen molar-refractivity contribution >= 4 is 0 Å². The second-order valence-corrected chi connectivity index (χ2v) is 5.73. The summed E-state index contributed by atoms with van der Waals surface area (Å²) >= 11 is 0. The van der Waals surface area contributed by atoms with Crippen LogP contribution in [0, 0.1) is 5.92 Å². The lowest BCUT2D eigenvalue weighted by Gasteiger charge is -2.22. The lowest BCUT2D eigenvalue weighted by atomic mass is 9.86. The van der Waals surface area contributed by atoms with Gasteiger partial charge in [0.1, 0.15) is 0 Å². The maximum atomic E-state index is 4.80. The number of aryl methyl sites for hydroxylation is 2. The minimum absolute atomic E-state index is 0.820. The lowest BCUT2D eigenvalue weighted by Crippen LogP contribution is -2.15. The number of nitrogens with zero attached hydrogens (tertiary/aromatic N) is 2. The Morgan fingerprint density at radius 3 is 2.65 bits per heavy atom. The van der Waals surface area contributed by atoms with Gasteiger partial charge in [-0.1, -0.05) is 44.5 Å². The molecule has 1 atom stereocenters. The van der Waals surface area contributed by atoms with E-state index < -0.39 is 0 Å². The van der Waals surface area contributed by atoms with Crippen LogP contribution in [0.5, 0.6) is 0 Å². The van der Waals surface area contributed by atoms with Crippen LogP contribution in [0.25, 0.3) is 11.4 Å². The predicted molar refractivity (Wildman–Crippen MR) is 82.7 cm³/mol. The van der Waals surface area contributed by atoms with Gasteiger partial charge in [-0.3, -0.25) is 0 Å². The van der Waals surface area contributed by atoms with Gasteiger partial charge in [0, 0.05) is 17.5 Å². The van der Waals surface area contributed by atoms with Crippen LogP contribution in [0.2, 0.25) is 0 Å². The summed E-state index contributed by atoms with van der Waals surface area (Å²) < 4.78 is 0. The van der Waals surface area contributed by atoms with Gasteiger partial charge in [0.25, 0.3) is 0 Å². The first-order chi connectivity index (χ1) is 9.80. The van der Waals surface area contributed by atoms with Crippen LogP contribution in [-0.4, -0.2) is 9.97 Å². The molecule has 0 N–H and O–H groups in total. The van der Waals surface area contributed by atoms with Crippen LogP contribution in [0.1, 0.15) is 43.5 Å². The highest BCUT2D eigenvalue weighted by Crippen LogP contribution is 2.27. The van der Waals surface area contributed by atoms with Crippen molar-refractivity contribution in [3.05, 3.63) is 47.3 Å². The van der Waals surface area contributed by atoms with E-state index in [1.54, 1.807) is 0 Å². The third-order valence-corrected chi connectivity index (χ3v) is 4.45. The molecule has 1 aliphatic carbocycles. The van der Waals surface area contributed by atoms with Crippen LogP contribution in [-0.2, 0) is 19.3 Å². The Labute approximate surface area is 121 Å². The molecule has 20 heavy (non-hydrogen) atoms. The molecule has 0 radical (unpaired) electrons. The van der Waals surface area contributed by atoms with Crippen molar-refractivity contribution in [1.82, 2.24) is 9.97 Å². The Balaban J connectivity index is 1.88. The molecule has 1 aliphatic rings. The summed E-state index contributed by atoms with van der Waals surface area (Å²) in [6.07, 6.45) is 7.92. The molecule has 0 bridgehead atoms. The third kappa shape index (κ3) is 2.60. The molecule has 0 fully saturated rings. The minimum Gasteiger partial charge on any atom is -0.236 e. The number of aromatic nitrogens is 2. The van der Waals surface area contributed by atoms with Crippen LogP contribution in [0.4, 0.5) is 0 Å². The molecule has 0 amide bonds. The molecular weight excluding hydrogens is 244 g/mol. The van der Waals surface area contributed by atoms with E-state index in [0.29, 0.717) is 0 Å². The highest BCUT2D eigenvalue weighted by molar-refractivity contribution is 5.55. The normalized spacial score (nSPS) is 17.8. The van der Waals surface area contributed by atoms with E-state index in [0.717, 1.165) is 36.6 Å². The quantitative estimate of drug-likeness (QED) is 0.831. The number of fused-ring (bicyclic) bond motifs is 1. The molecular formula is C18H22N2. The highest BCUT2D eigenvalue weighted by Gasteiger charge is 2.19. The first-order valence-corrected chi connectivity index (χ1v) is 7.74. The van der Waals surface area contributed by atoms with Crippen LogP contribution in [0.3, 0.4) is 0 Å². The first-order valence-electron chi connectivity index (χ1n) is 7.74. The Bertz CT molecular complexity index is 587. The Morgan fingerprint density at radius 1 is 1.15 bits per heavy atom. The monoisotopic (exact) mass is 266 g/mol. The van der Waals surface area contributed by atoms with Crippen molar-refractivity contribution in [2.24, 2.45) is 5.92 Å². The molecule has 0 spiro atoms. The molecule has 0 saturated carbocycles. The van der Waals surface area contributed by atoms with Crippen LogP contribution < -0.4 is 0 Å². The predicted octanol–water partition coefficient (Wildman–Crippen LogP) is 4.22. The van der Waals surface area contributed by atoms with Gasteiger partial charge in [-0.25, -0.2) is 9.97 Å². The Kier molecular flexibility index (Phi) is 3.81. The van der Waals surface area contributed by atoms with E-state index >= 15 is 0 Å². The van der Waals surface area contributed by atoms with Crippen molar-refractivity contribution in [2.75, 3.05) is 0 Å². The fourth-order valence-electron chi connectivity index (χ4n) is 2.96. The molecule has 3 rings (SSSR count). The molecule has 1 heterocycles. The van der Waals surface area contributed by atoms with Crippen LogP contribution >= 0.6 is 0 Å². The summed E-state index contributed by atoms with van der Waals surface area (Å²) in [5.74, 6) is 1.70. The van der Waals surface area contributed by atoms with E-state index in [9.17, 15) is 0 Å². The van der Waals surface area contributed by atoms with Crippen molar-refractivity contribution in [3.63, 3.8) is 0 Å². The van der Waals surface area contributed by atoms with Crippen LogP contribution in [0.15, 0.2) is 30.5 Å². The molecule has 2 aromatic rings. The summed E-state index contributed by atoms with van der Waals surface area (Å²) in [4.78, 5) is 9.37. The van der Waals surface area contributed by atoms with Crippen molar-refractivity contribution in [2.45, 2.75) is 46.0 Å². The fourth-order valence-corrected chi connectivity index (χ4v) is 2.96. The number of benzene rings is 1. The van der Waals surface area contributed by atoms with Gasteiger partial charge >= 0.3 is 0 Å². The molecule has 1 aromatic heterocycles. The largest absolute Gasteiger partial charge is 0.236 e. The van der Waals surface area contributed by atoms with Gasteiger partial charge in [0.15, 0.2) is 5.82 Å². The van der Waals surface area contributed by atoms with E-state index in [1.807, 2.05) is 6.20 Å². The van der Waals surface area contributed by atoms with Crippen molar-refractivity contribution in [1.29, 1.82) is 0 Å². The second kappa shape index (κ2) is 5.74. The summed E-state index contributed by atoms with van der Waals surface area (Å²) in [6.45, 7) is 4.45. The SMILES string of the molecule is CCc1ccc(-c2ncc3c(n2)CCC(CC)C3)cc1. The van der Waals surface area contributed by atoms with E-state index in [1.165, 1.54) is 29.7 Å². The zero-order chi connectivity index (χ0) is 13.9. The Morgan fingerprint density at radius 2 is 1.95 bits per heavy atom. The molecule has 104 valence electrons. The van der Waals surface area contributed by atoms with Crippen molar-refractivity contribution in [3.8, 4) is 11.4 Å². The summed E-state index contributed by atoms with van der Waals surface area (Å²) in [5, 5.41) is 0. The minimum atomic E-state index is 0.820. The lowest BCUT2D eigenvalue weighted by molar-refractivity contribution is 0.439. The highest BCUT2D eigenvalue weighted by atomic mass is 14.9. The van der Waals surface area contributed by atoms with Crippen molar-refractivity contribution < 1.29 is 0 Å². The number of hydrogen-bond acceptors (Lipinski definition) is 2. The number of hydrogen-bond donors (Lipinski definition) is 0. The molecule has 1 unspecified atom stereocenters.